The molecule has 1 saturated heterocycles. The van der Waals surface area contributed by atoms with Crippen molar-refractivity contribution in [3.63, 3.8) is 0 Å². The second kappa shape index (κ2) is 13.0. The number of halogens is 1. The van der Waals surface area contributed by atoms with Crippen LogP contribution in [0.1, 0.15) is 55.2 Å². The van der Waals surface area contributed by atoms with E-state index in [0.29, 0.717) is 36.4 Å². The van der Waals surface area contributed by atoms with Gasteiger partial charge < -0.3 is 14.7 Å². The molecule has 5 nitrogen and oxygen atoms in total. The van der Waals surface area contributed by atoms with Crippen LogP contribution in [0.25, 0.3) is 0 Å². The lowest BCUT2D eigenvalue weighted by Gasteiger charge is -2.34. The van der Waals surface area contributed by atoms with Gasteiger partial charge >= 0.3 is 0 Å². The maximum atomic E-state index is 12.7. The van der Waals surface area contributed by atoms with Gasteiger partial charge in [-0.25, -0.2) is 0 Å². The van der Waals surface area contributed by atoms with Gasteiger partial charge in [0.15, 0.2) is 6.61 Å². The first-order valence-corrected chi connectivity index (χ1v) is 13.6. The largest absolute Gasteiger partial charge is 0.508 e. The van der Waals surface area contributed by atoms with Crippen molar-refractivity contribution >= 4 is 17.5 Å². The predicted molar refractivity (Wildman–Crippen MR) is 149 cm³/mol. The number of amides is 1. The van der Waals surface area contributed by atoms with E-state index in [1.807, 2.05) is 41.3 Å². The number of phenols is 1. The molecular weight excluding hydrogens is 484 g/mol. The smallest absolute Gasteiger partial charge is 0.260 e. The summed E-state index contributed by atoms with van der Waals surface area (Å²) in [4.78, 5) is 17.0. The van der Waals surface area contributed by atoms with Gasteiger partial charge in [-0.15, -0.1) is 0 Å². The molecule has 1 heterocycles. The lowest BCUT2D eigenvalue weighted by molar-refractivity contribution is -0.135. The maximum Gasteiger partial charge on any atom is 0.260 e. The van der Waals surface area contributed by atoms with Crippen LogP contribution in [0.5, 0.6) is 11.5 Å². The van der Waals surface area contributed by atoms with Gasteiger partial charge in [-0.3, -0.25) is 9.69 Å². The molecule has 1 N–H and O–H groups in total. The van der Waals surface area contributed by atoms with Crippen LogP contribution in [0.2, 0.25) is 5.02 Å². The van der Waals surface area contributed by atoms with Gasteiger partial charge in [0.2, 0.25) is 0 Å². The van der Waals surface area contributed by atoms with Crippen LogP contribution in [0.15, 0.2) is 72.8 Å². The number of phenolic OH excluding ortho intramolecular Hbond substituents is 1. The zero-order chi connectivity index (χ0) is 26.2. The molecule has 1 fully saturated rings. The summed E-state index contributed by atoms with van der Waals surface area (Å²) in [5.74, 6) is 1.73. The Hall–Kier alpha value is -3.02. The van der Waals surface area contributed by atoms with Crippen LogP contribution in [-0.4, -0.2) is 53.6 Å². The Bertz CT molecular complexity index is 1120. The first-order valence-electron chi connectivity index (χ1n) is 13.2. The summed E-state index contributed by atoms with van der Waals surface area (Å²) in [7, 11) is 0. The number of piperazine rings is 1. The molecule has 0 aromatic heterocycles. The van der Waals surface area contributed by atoms with Crippen molar-refractivity contribution in [2.45, 2.75) is 45.1 Å². The van der Waals surface area contributed by atoms with Gasteiger partial charge in [-0.1, -0.05) is 68.3 Å². The Morgan fingerprint density at radius 1 is 0.919 bits per heavy atom. The monoisotopic (exact) mass is 520 g/mol. The normalized spacial score (nSPS) is 15.8. The molecule has 1 aliphatic rings. The SMILES string of the molecule is CCCC(c1ccc(O)cc1)C(C)c1ccc(OCC(=O)N2CCN(Cc3ccc(Cl)cc3)CC2)cc1. The molecule has 0 saturated carbocycles. The van der Waals surface area contributed by atoms with Crippen LogP contribution in [0, 0.1) is 0 Å². The Morgan fingerprint density at radius 2 is 1.54 bits per heavy atom. The summed E-state index contributed by atoms with van der Waals surface area (Å²) in [6.07, 6.45) is 2.17. The van der Waals surface area contributed by atoms with E-state index in [1.165, 1.54) is 16.7 Å². The molecule has 2 unspecified atom stereocenters. The minimum absolute atomic E-state index is 0.0268. The molecule has 1 amide bonds. The third-order valence-electron chi connectivity index (χ3n) is 7.34. The quantitative estimate of drug-likeness (QED) is 0.333. The number of benzene rings is 3. The van der Waals surface area contributed by atoms with Gasteiger partial charge in [0, 0.05) is 37.7 Å². The van der Waals surface area contributed by atoms with E-state index in [4.69, 9.17) is 16.3 Å². The zero-order valence-corrected chi connectivity index (χ0v) is 22.5. The summed E-state index contributed by atoms with van der Waals surface area (Å²) in [6, 6.07) is 23.6. The minimum atomic E-state index is 0.0268. The highest BCUT2D eigenvalue weighted by atomic mass is 35.5. The van der Waals surface area contributed by atoms with Crippen molar-refractivity contribution < 1.29 is 14.6 Å². The van der Waals surface area contributed by atoms with Crippen molar-refractivity contribution in [1.29, 1.82) is 0 Å². The number of hydrogen-bond acceptors (Lipinski definition) is 4. The maximum absolute atomic E-state index is 12.7. The van der Waals surface area contributed by atoms with Gasteiger partial charge in [0.1, 0.15) is 11.5 Å². The lowest BCUT2D eigenvalue weighted by Crippen LogP contribution is -2.49. The Morgan fingerprint density at radius 3 is 2.16 bits per heavy atom. The Kier molecular flexibility index (Phi) is 9.48. The number of carbonyl (C=O) groups is 1. The molecule has 2 atom stereocenters. The average Bonchev–Trinajstić information content (AvgIpc) is 2.92. The van der Waals surface area contributed by atoms with Crippen molar-refractivity contribution in [3.05, 3.63) is 94.5 Å². The summed E-state index contributed by atoms with van der Waals surface area (Å²) < 4.78 is 5.85. The molecule has 0 aliphatic carbocycles. The standard InChI is InChI=1S/C31H37ClN2O3/c1-3-4-30(26-7-13-28(35)14-8-26)23(2)25-9-15-29(16-10-25)37-22-31(36)34-19-17-33(18-20-34)21-24-5-11-27(32)12-6-24/h5-16,23,30,35H,3-4,17-22H2,1-2H3. The number of hydrogen-bond donors (Lipinski definition) is 1. The van der Waals surface area contributed by atoms with Crippen LogP contribution in [0.4, 0.5) is 0 Å². The average molecular weight is 521 g/mol. The first kappa shape index (κ1) is 27.0. The molecule has 1 aliphatic heterocycles. The topological polar surface area (TPSA) is 53.0 Å². The summed E-state index contributed by atoms with van der Waals surface area (Å²) >= 11 is 5.98. The summed E-state index contributed by atoms with van der Waals surface area (Å²) in [5.41, 5.74) is 3.71. The fourth-order valence-electron chi connectivity index (χ4n) is 5.08. The van der Waals surface area contributed by atoms with Gasteiger partial charge in [-0.05, 0) is 71.3 Å². The summed E-state index contributed by atoms with van der Waals surface area (Å²) in [5, 5.41) is 10.4. The number of aromatic hydroxyl groups is 1. The van der Waals surface area contributed by atoms with Crippen molar-refractivity contribution in [1.82, 2.24) is 9.80 Å². The van der Waals surface area contributed by atoms with Crippen LogP contribution >= 0.6 is 11.6 Å². The second-order valence-electron chi connectivity index (χ2n) is 9.92. The van der Waals surface area contributed by atoms with Gasteiger partial charge in [0.25, 0.3) is 5.91 Å². The highest BCUT2D eigenvalue weighted by Gasteiger charge is 2.22. The van der Waals surface area contributed by atoms with E-state index >= 15 is 0 Å². The third-order valence-corrected chi connectivity index (χ3v) is 7.59. The third kappa shape index (κ3) is 7.50. The van der Waals surface area contributed by atoms with Crippen molar-refractivity contribution in [2.24, 2.45) is 0 Å². The van der Waals surface area contributed by atoms with Crippen LogP contribution in [0.3, 0.4) is 0 Å². The molecule has 6 heteroatoms. The van der Waals surface area contributed by atoms with E-state index < -0.39 is 0 Å². The van der Waals surface area contributed by atoms with Crippen LogP contribution < -0.4 is 4.74 Å². The number of rotatable bonds is 10. The van der Waals surface area contributed by atoms with E-state index in [2.05, 4.69) is 43.0 Å². The zero-order valence-electron chi connectivity index (χ0n) is 21.8. The second-order valence-corrected chi connectivity index (χ2v) is 10.4. The molecule has 0 spiro atoms. The fourth-order valence-corrected chi connectivity index (χ4v) is 5.20. The van der Waals surface area contributed by atoms with Crippen molar-refractivity contribution in [3.8, 4) is 11.5 Å². The minimum Gasteiger partial charge on any atom is -0.508 e. The molecule has 0 bridgehead atoms. The van der Waals surface area contributed by atoms with E-state index in [0.717, 1.165) is 37.5 Å². The first-order chi connectivity index (χ1) is 17.9. The van der Waals surface area contributed by atoms with E-state index in [1.54, 1.807) is 12.1 Å². The fraction of sp³-hybridized carbons (Fsp3) is 0.387. The van der Waals surface area contributed by atoms with Crippen molar-refractivity contribution in [2.75, 3.05) is 32.8 Å². The van der Waals surface area contributed by atoms with Gasteiger partial charge in [0.05, 0.1) is 0 Å². The Balaban J connectivity index is 1.25. The van der Waals surface area contributed by atoms with E-state index in [9.17, 15) is 9.90 Å². The lowest BCUT2D eigenvalue weighted by atomic mass is 9.80. The predicted octanol–water partition coefficient (Wildman–Crippen LogP) is 6.46. The molecule has 3 aromatic carbocycles. The number of nitrogens with zero attached hydrogens (tertiary/aromatic N) is 2. The highest BCUT2D eigenvalue weighted by Crippen LogP contribution is 2.37. The number of carbonyl (C=O) groups excluding carboxylic acids is 1. The molecule has 3 aromatic rings. The van der Waals surface area contributed by atoms with Crippen LogP contribution in [-0.2, 0) is 11.3 Å². The van der Waals surface area contributed by atoms with E-state index in [-0.39, 0.29) is 12.5 Å². The number of ether oxygens (including phenoxy) is 1. The molecular formula is C31H37ClN2O3. The summed E-state index contributed by atoms with van der Waals surface area (Å²) in [6.45, 7) is 8.49. The molecule has 196 valence electrons. The highest BCUT2D eigenvalue weighted by molar-refractivity contribution is 6.30. The molecule has 37 heavy (non-hydrogen) atoms. The Labute approximate surface area is 225 Å². The molecule has 4 rings (SSSR count). The van der Waals surface area contributed by atoms with Gasteiger partial charge in [-0.2, -0.15) is 0 Å². The molecule has 0 radical (unpaired) electrons.